The van der Waals surface area contributed by atoms with Crippen LogP contribution < -0.4 is 5.32 Å². The minimum absolute atomic E-state index is 0.345. The van der Waals surface area contributed by atoms with Crippen LogP contribution in [0.2, 0.25) is 0 Å². The molecule has 0 bridgehead atoms. The molecule has 2 N–H and O–H groups in total. The van der Waals surface area contributed by atoms with Gasteiger partial charge in [-0.2, -0.15) is 0 Å². The molecule has 2 heterocycles. The first-order chi connectivity index (χ1) is 7.10. The maximum absolute atomic E-state index is 11.0. The number of hydrogen-bond donors (Lipinski definition) is 2. The molecule has 1 aromatic heterocycles. The maximum Gasteiger partial charge on any atom is 0.323 e. The van der Waals surface area contributed by atoms with Crippen molar-refractivity contribution in [3.8, 4) is 0 Å². The number of furan rings is 1. The average Bonchev–Trinajstić information content (AvgIpc) is 2.77. The highest BCUT2D eigenvalue weighted by molar-refractivity contribution is 5.78. The largest absolute Gasteiger partial charge is 0.480 e. The van der Waals surface area contributed by atoms with E-state index in [1.807, 2.05) is 12.1 Å². The van der Waals surface area contributed by atoms with E-state index in [1.54, 1.807) is 13.2 Å². The van der Waals surface area contributed by atoms with E-state index in [0.29, 0.717) is 12.3 Å². The monoisotopic (exact) mass is 209 g/mol. The third-order valence-electron chi connectivity index (χ3n) is 3.02. The van der Waals surface area contributed by atoms with Crippen molar-refractivity contribution in [2.75, 3.05) is 6.54 Å². The van der Waals surface area contributed by atoms with Crippen LogP contribution in [0, 0.1) is 5.92 Å². The zero-order valence-electron chi connectivity index (χ0n) is 8.69. The number of nitrogens with one attached hydrogen (secondary N) is 1. The second kappa shape index (κ2) is 3.70. The quantitative estimate of drug-likeness (QED) is 0.787. The fourth-order valence-corrected chi connectivity index (χ4v) is 2.11. The van der Waals surface area contributed by atoms with Crippen molar-refractivity contribution >= 4 is 5.97 Å². The highest BCUT2D eigenvalue weighted by Gasteiger charge is 2.40. The molecule has 82 valence electrons. The fourth-order valence-electron chi connectivity index (χ4n) is 2.11. The Bertz CT molecular complexity index is 347. The van der Waals surface area contributed by atoms with Crippen LogP contribution in [0.4, 0.5) is 0 Å². The van der Waals surface area contributed by atoms with Crippen LogP contribution in [-0.2, 0) is 11.2 Å². The Balaban J connectivity index is 1.96. The Hall–Kier alpha value is -1.29. The molecule has 1 aliphatic heterocycles. The lowest BCUT2D eigenvalue weighted by Crippen LogP contribution is -2.44. The minimum Gasteiger partial charge on any atom is -0.480 e. The molecule has 1 aliphatic rings. The summed E-state index contributed by atoms with van der Waals surface area (Å²) in [4.78, 5) is 11.0. The van der Waals surface area contributed by atoms with E-state index in [1.165, 1.54) is 0 Å². The molecule has 1 aromatic rings. The van der Waals surface area contributed by atoms with Gasteiger partial charge in [-0.3, -0.25) is 4.79 Å². The van der Waals surface area contributed by atoms with Crippen molar-refractivity contribution in [1.29, 1.82) is 0 Å². The molecule has 0 saturated carbocycles. The van der Waals surface area contributed by atoms with Gasteiger partial charge < -0.3 is 14.8 Å². The predicted octanol–water partition coefficient (Wildman–Crippen LogP) is 1.27. The Kier molecular flexibility index (Phi) is 2.52. The lowest BCUT2D eigenvalue weighted by molar-refractivity contribution is -0.143. The predicted molar refractivity (Wildman–Crippen MR) is 54.6 cm³/mol. The van der Waals surface area contributed by atoms with E-state index in [-0.39, 0.29) is 0 Å². The molecule has 2 unspecified atom stereocenters. The number of carbonyl (C=O) groups is 1. The van der Waals surface area contributed by atoms with Crippen molar-refractivity contribution in [3.05, 3.63) is 24.2 Å². The van der Waals surface area contributed by atoms with Gasteiger partial charge in [0.25, 0.3) is 0 Å². The summed E-state index contributed by atoms with van der Waals surface area (Å²) in [6.45, 7) is 2.47. The van der Waals surface area contributed by atoms with Gasteiger partial charge >= 0.3 is 5.97 Å². The van der Waals surface area contributed by atoms with Crippen LogP contribution in [0.3, 0.4) is 0 Å². The van der Waals surface area contributed by atoms with Crippen LogP contribution in [0.15, 0.2) is 22.8 Å². The molecule has 1 fully saturated rings. The molecule has 0 amide bonds. The van der Waals surface area contributed by atoms with Gasteiger partial charge in [-0.15, -0.1) is 0 Å². The summed E-state index contributed by atoms with van der Waals surface area (Å²) in [5, 5.41) is 12.1. The molecule has 4 nitrogen and oxygen atoms in total. The first-order valence-corrected chi connectivity index (χ1v) is 5.11. The standard InChI is InChI=1S/C11H15NO3/c1-11(10(13)14)6-8(7-12-11)5-9-3-2-4-15-9/h2-4,8,12H,5-7H2,1H3,(H,13,14). The normalized spacial score (nSPS) is 30.6. The summed E-state index contributed by atoms with van der Waals surface area (Å²) >= 11 is 0. The van der Waals surface area contributed by atoms with E-state index in [0.717, 1.165) is 18.7 Å². The van der Waals surface area contributed by atoms with Gasteiger partial charge in [-0.1, -0.05) is 0 Å². The van der Waals surface area contributed by atoms with Crippen LogP contribution in [0.1, 0.15) is 19.1 Å². The Labute approximate surface area is 88.3 Å². The third-order valence-corrected chi connectivity index (χ3v) is 3.02. The lowest BCUT2D eigenvalue weighted by Gasteiger charge is -2.17. The molecule has 1 saturated heterocycles. The van der Waals surface area contributed by atoms with Crippen LogP contribution in [-0.4, -0.2) is 23.2 Å². The highest BCUT2D eigenvalue weighted by Crippen LogP contribution is 2.26. The second-order valence-electron chi connectivity index (χ2n) is 4.37. The zero-order chi connectivity index (χ0) is 10.9. The molecule has 4 heteroatoms. The molecule has 0 aromatic carbocycles. The summed E-state index contributed by atoms with van der Waals surface area (Å²) in [7, 11) is 0. The minimum atomic E-state index is -0.774. The highest BCUT2D eigenvalue weighted by atomic mass is 16.4. The zero-order valence-corrected chi connectivity index (χ0v) is 8.69. The number of hydrogen-bond acceptors (Lipinski definition) is 3. The lowest BCUT2D eigenvalue weighted by atomic mass is 9.92. The topological polar surface area (TPSA) is 62.5 Å². The molecule has 2 atom stereocenters. The number of carboxylic acids is 1. The first kappa shape index (κ1) is 10.2. The molecule has 0 aliphatic carbocycles. The molecule has 0 spiro atoms. The molecule has 2 rings (SSSR count). The Morgan fingerprint density at radius 3 is 3.13 bits per heavy atom. The van der Waals surface area contributed by atoms with Gasteiger partial charge in [0.1, 0.15) is 11.3 Å². The second-order valence-corrected chi connectivity index (χ2v) is 4.37. The van der Waals surface area contributed by atoms with Gasteiger partial charge in [-0.25, -0.2) is 0 Å². The summed E-state index contributed by atoms with van der Waals surface area (Å²) in [6.07, 6.45) is 3.11. The number of carboxylic acid groups (broad SMARTS) is 1. The van der Waals surface area contributed by atoms with E-state index >= 15 is 0 Å². The van der Waals surface area contributed by atoms with E-state index in [4.69, 9.17) is 9.52 Å². The van der Waals surface area contributed by atoms with Crippen molar-refractivity contribution < 1.29 is 14.3 Å². The molecular weight excluding hydrogens is 194 g/mol. The maximum atomic E-state index is 11.0. The number of rotatable bonds is 3. The van der Waals surface area contributed by atoms with E-state index in [9.17, 15) is 4.79 Å². The van der Waals surface area contributed by atoms with Crippen LogP contribution in [0.5, 0.6) is 0 Å². The van der Waals surface area contributed by atoms with Crippen LogP contribution in [0.25, 0.3) is 0 Å². The van der Waals surface area contributed by atoms with Gasteiger partial charge in [0, 0.05) is 6.42 Å². The summed E-state index contributed by atoms with van der Waals surface area (Å²) in [5.74, 6) is 0.498. The van der Waals surface area contributed by atoms with Crippen molar-refractivity contribution in [3.63, 3.8) is 0 Å². The Morgan fingerprint density at radius 1 is 1.80 bits per heavy atom. The smallest absolute Gasteiger partial charge is 0.323 e. The summed E-state index contributed by atoms with van der Waals surface area (Å²) < 4.78 is 5.25. The van der Waals surface area contributed by atoms with Crippen LogP contribution >= 0.6 is 0 Å². The molecular formula is C11H15NO3. The summed E-state index contributed by atoms with van der Waals surface area (Å²) in [6, 6.07) is 3.78. The van der Waals surface area contributed by atoms with E-state index < -0.39 is 11.5 Å². The van der Waals surface area contributed by atoms with E-state index in [2.05, 4.69) is 5.32 Å². The van der Waals surface area contributed by atoms with Gasteiger partial charge in [0.05, 0.1) is 6.26 Å². The van der Waals surface area contributed by atoms with Gasteiger partial charge in [-0.05, 0) is 37.9 Å². The fraction of sp³-hybridized carbons (Fsp3) is 0.545. The summed E-state index contributed by atoms with van der Waals surface area (Å²) in [5.41, 5.74) is -0.767. The Morgan fingerprint density at radius 2 is 2.60 bits per heavy atom. The van der Waals surface area contributed by atoms with Gasteiger partial charge in [0.15, 0.2) is 0 Å². The first-order valence-electron chi connectivity index (χ1n) is 5.11. The SMILES string of the molecule is CC1(C(=O)O)CC(Cc2ccco2)CN1. The van der Waals surface area contributed by atoms with Gasteiger partial charge in [0.2, 0.25) is 0 Å². The number of aliphatic carboxylic acids is 1. The molecule has 15 heavy (non-hydrogen) atoms. The van der Waals surface area contributed by atoms with Crippen molar-refractivity contribution in [1.82, 2.24) is 5.32 Å². The molecule has 0 radical (unpaired) electrons. The average molecular weight is 209 g/mol. The third kappa shape index (κ3) is 2.04. The van der Waals surface area contributed by atoms with Crippen molar-refractivity contribution in [2.24, 2.45) is 5.92 Å². The van der Waals surface area contributed by atoms with Crippen molar-refractivity contribution in [2.45, 2.75) is 25.3 Å².